The standard InChI is InChI=1S/C49H55N8O10P/c1-33(2)56(34(3)4)68(65-28-13-27-50)67-43-41(30-64-49(36-14-9-7-10-15-36,37-16-11-8-12-17-37)38-20-24-40(61-5)25-21-38)66-47(44(43)62-6)55-32-53-42-45(51-31-52-46(42)55)54-48(58)63-29-26-35-18-22-39(23-19-35)57(59)60/h7-12,14-25,31-34,41,43-44,47H,13,26,28-30H2,1-6H3,(H,51,52,54,58)/t41-,43-,44-,47-,68?/m1/s1. The Morgan fingerprint density at radius 2 is 1.54 bits per heavy atom. The molecule has 68 heavy (non-hydrogen) atoms. The number of nitrogens with one attached hydrogen (secondary N) is 1. The highest BCUT2D eigenvalue weighted by Gasteiger charge is 2.51. The van der Waals surface area contributed by atoms with E-state index < -0.39 is 49.7 Å². The lowest BCUT2D eigenvalue weighted by atomic mass is 9.80. The molecular formula is C49H55N8O10P. The predicted molar refractivity (Wildman–Crippen MR) is 254 cm³/mol. The molecular weight excluding hydrogens is 892 g/mol. The van der Waals surface area contributed by atoms with Crippen molar-refractivity contribution >= 4 is 37.3 Å². The van der Waals surface area contributed by atoms with Crippen molar-refractivity contribution in [2.24, 2.45) is 0 Å². The number of amides is 1. The minimum Gasteiger partial charge on any atom is -0.497 e. The number of carbonyl (C=O) groups is 1. The number of aromatic nitrogens is 4. The van der Waals surface area contributed by atoms with Crippen LogP contribution in [0.15, 0.2) is 122 Å². The molecule has 18 nitrogen and oxygen atoms in total. The summed E-state index contributed by atoms with van der Waals surface area (Å²) in [5.74, 6) is 0.792. The number of nitriles is 1. The van der Waals surface area contributed by atoms with Crippen molar-refractivity contribution in [1.82, 2.24) is 24.2 Å². The van der Waals surface area contributed by atoms with Crippen molar-refractivity contribution in [2.75, 3.05) is 39.4 Å². The monoisotopic (exact) mass is 946 g/mol. The number of methoxy groups -OCH3 is 2. The molecule has 7 rings (SSSR count). The molecule has 2 aromatic heterocycles. The van der Waals surface area contributed by atoms with Crippen molar-refractivity contribution < 1.29 is 42.4 Å². The first-order chi connectivity index (χ1) is 33.0. The number of rotatable bonds is 22. The smallest absolute Gasteiger partial charge is 0.412 e. The van der Waals surface area contributed by atoms with Crippen LogP contribution in [0.2, 0.25) is 0 Å². The van der Waals surface area contributed by atoms with E-state index >= 15 is 0 Å². The summed E-state index contributed by atoms with van der Waals surface area (Å²) in [5.41, 5.74) is 2.77. The number of hydrogen-bond donors (Lipinski definition) is 1. The second-order valence-electron chi connectivity index (χ2n) is 16.3. The van der Waals surface area contributed by atoms with E-state index in [1.54, 1.807) is 30.9 Å². The van der Waals surface area contributed by atoms with Crippen LogP contribution in [-0.4, -0.2) is 99.6 Å². The highest BCUT2D eigenvalue weighted by Crippen LogP contribution is 2.51. The summed E-state index contributed by atoms with van der Waals surface area (Å²) in [7, 11) is 1.40. The van der Waals surface area contributed by atoms with Gasteiger partial charge < -0.3 is 32.7 Å². The van der Waals surface area contributed by atoms with Gasteiger partial charge in [0.1, 0.15) is 36.0 Å². The Labute approximate surface area is 396 Å². The predicted octanol–water partition coefficient (Wildman–Crippen LogP) is 9.12. The number of non-ortho nitro benzene ring substituents is 1. The van der Waals surface area contributed by atoms with E-state index in [0.29, 0.717) is 17.8 Å². The number of imidazole rings is 1. The molecule has 1 saturated heterocycles. The topological polar surface area (TPSA) is 207 Å². The van der Waals surface area contributed by atoms with Crippen molar-refractivity contribution in [3.63, 3.8) is 0 Å². The van der Waals surface area contributed by atoms with Gasteiger partial charge in [-0.1, -0.05) is 84.9 Å². The van der Waals surface area contributed by atoms with Gasteiger partial charge in [-0.25, -0.2) is 24.4 Å². The number of hydrogen-bond acceptors (Lipinski definition) is 15. The molecule has 0 saturated carbocycles. The highest BCUT2D eigenvalue weighted by molar-refractivity contribution is 7.44. The van der Waals surface area contributed by atoms with Gasteiger partial charge in [0.25, 0.3) is 14.2 Å². The average Bonchev–Trinajstić information content (AvgIpc) is 3.94. The van der Waals surface area contributed by atoms with Gasteiger partial charge in [-0.15, -0.1) is 0 Å². The number of nitrogens with zero attached hydrogens (tertiary/aromatic N) is 7. The first-order valence-corrected chi connectivity index (χ1v) is 23.3. The Morgan fingerprint density at radius 1 is 0.897 bits per heavy atom. The fourth-order valence-corrected chi connectivity index (χ4v) is 10.0. The zero-order valence-corrected chi connectivity index (χ0v) is 39.6. The Kier molecular flexibility index (Phi) is 16.8. The molecule has 0 aliphatic carbocycles. The summed E-state index contributed by atoms with van der Waals surface area (Å²) < 4.78 is 49.1. The molecule has 1 N–H and O–H groups in total. The molecule has 6 aromatic rings. The van der Waals surface area contributed by atoms with E-state index in [2.05, 4.69) is 58.7 Å². The minimum atomic E-state index is -1.80. The van der Waals surface area contributed by atoms with E-state index in [1.165, 1.54) is 24.8 Å². The van der Waals surface area contributed by atoms with E-state index in [-0.39, 0.29) is 55.3 Å². The zero-order chi connectivity index (χ0) is 48.2. The van der Waals surface area contributed by atoms with Crippen LogP contribution >= 0.6 is 8.53 Å². The molecule has 1 aliphatic rings. The van der Waals surface area contributed by atoms with Crippen molar-refractivity contribution in [3.05, 3.63) is 154 Å². The first kappa shape index (κ1) is 49.5. The number of benzene rings is 4. The SMILES string of the molecule is COc1ccc(C(OC[C@H]2O[C@@H](n3cnc4c(NC(=O)OCCc5ccc([N+](=O)[O-])cc5)ncnc43)[C@H](OC)[C@@H]2OP(OCCC#N)N(C(C)C)C(C)C)(c2ccccc2)c2ccccc2)cc1. The van der Waals surface area contributed by atoms with Gasteiger partial charge >= 0.3 is 6.09 Å². The molecule has 1 fully saturated rings. The van der Waals surface area contributed by atoms with Gasteiger partial charge in [0.15, 0.2) is 23.2 Å². The van der Waals surface area contributed by atoms with Crippen LogP contribution < -0.4 is 10.1 Å². The van der Waals surface area contributed by atoms with E-state index in [4.69, 9.17) is 32.7 Å². The first-order valence-electron chi connectivity index (χ1n) is 22.2. The maximum absolute atomic E-state index is 13.0. The molecule has 356 valence electrons. The number of nitro groups is 1. The Bertz CT molecular complexity index is 2570. The Morgan fingerprint density at radius 3 is 2.13 bits per heavy atom. The second-order valence-corrected chi connectivity index (χ2v) is 17.7. The van der Waals surface area contributed by atoms with Crippen LogP contribution in [0, 0.1) is 21.4 Å². The van der Waals surface area contributed by atoms with Crippen LogP contribution in [0.4, 0.5) is 16.3 Å². The van der Waals surface area contributed by atoms with Gasteiger partial charge in [0.2, 0.25) is 0 Å². The molecule has 1 unspecified atom stereocenters. The molecule has 3 heterocycles. The van der Waals surface area contributed by atoms with Crippen LogP contribution in [-0.2, 0) is 40.0 Å². The third-order valence-electron chi connectivity index (χ3n) is 11.4. The summed E-state index contributed by atoms with van der Waals surface area (Å²) in [6.45, 7) is 8.40. The van der Waals surface area contributed by atoms with Crippen LogP contribution in [0.5, 0.6) is 5.75 Å². The van der Waals surface area contributed by atoms with Gasteiger partial charge in [-0.05, 0) is 62.1 Å². The lowest BCUT2D eigenvalue weighted by molar-refractivity contribution is -0.384. The van der Waals surface area contributed by atoms with Crippen molar-refractivity contribution in [2.45, 2.75) is 82.8 Å². The Balaban J connectivity index is 1.23. The van der Waals surface area contributed by atoms with Crippen LogP contribution in [0.25, 0.3) is 11.2 Å². The molecule has 5 atom stereocenters. The quantitative estimate of drug-likeness (QED) is 0.0221. The summed E-state index contributed by atoms with van der Waals surface area (Å²) >= 11 is 0. The van der Waals surface area contributed by atoms with Crippen LogP contribution in [0.3, 0.4) is 0 Å². The number of fused-ring (bicyclic) bond motifs is 1. The van der Waals surface area contributed by atoms with Gasteiger partial charge in [0, 0.05) is 37.7 Å². The lowest BCUT2D eigenvalue weighted by Crippen LogP contribution is -2.42. The summed E-state index contributed by atoms with van der Waals surface area (Å²) in [6.07, 6.45) is -0.757. The normalized spacial score (nSPS) is 17.6. The van der Waals surface area contributed by atoms with Gasteiger partial charge in [0.05, 0.1) is 50.7 Å². The third kappa shape index (κ3) is 11.1. The van der Waals surface area contributed by atoms with E-state index in [1.807, 2.05) is 84.9 Å². The number of carbonyl (C=O) groups excluding carboxylic acids is 1. The lowest BCUT2D eigenvalue weighted by Gasteiger charge is -2.39. The summed E-state index contributed by atoms with van der Waals surface area (Å²) in [6, 6.07) is 36.0. The van der Waals surface area contributed by atoms with Crippen LogP contribution in [0.1, 0.15) is 62.6 Å². The maximum atomic E-state index is 13.0. The third-order valence-corrected chi connectivity index (χ3v) is 13.5. The van der Waals surface area contributed by atoms with Crippen molar-refractivity contribution in [3.8, 4) is 11.8 Å². The molecule has 1 amide bonds. The van der Waals surface area contributed by atoms with E-state index in [0.717, 1.165) is 22.3 Å². The maximum Gasteiger partial charge on any atom is 0.412 e. The molecule has 0 radical (unpaired) electrons. The fraction of sp³-hybridized carbons (Fsp3) is 0.367. The zero-order valence-electron chi connectivity index (χ0n) is 38.7. The van der Waals surface area contributed by atoms with Gasteiger partial charge in [-0.2, -0.15) is 5.26 Å². The highest BCUT2D eigenvalue weighted by atomic mass is 31.2. The molecule has 4 aromatic carbocycles. The Hall–Kier alpha value is -6.42. The van der Waals surface area contributed by atoms with Gasteiger partial charge in [-0.3, -0.25) is 20.0 Å². The minimum absolute atomic E-state index is 0.00466. The second kappa shape index (κ2) is 23.1. The largest absolute Gasteiger partial charge is 0.497 e. The fourth-order valence-electron chi connectivity index (χ4n) is 8.28. The number of ether oxygens (including phenoxy) is 5. The molecule has 0 bridgehead atoms. The molecule has 1 aliphatic heterocycles. The summed E-state index contributed by atoms with van der Waals surface area (Å²) in [5, 5.41) is 23.2. The van der Waals surface area contributed by atoms with Crippen molar-refractivity contribution in [1.29, 1.82) is 5.26 Å². The molecule has 19 heteroatoms. The summed E-state index contributed by atoms with van der Waals surface area (Å²) in [4.78, 5) is 37.1. The number of anilines is 1. The van der Waals surface area contributed by atoms with E-state index in [9.17, 15) is 20.2 Å². The number of nitro benzene ring substituents is 1. The average molecular weight is 947 g/mol. The molecule has 0 spiro atoms.